The first-order valence-electron chi connectivity index (χ1n) is 8.09. The SMILES string of the molecule is C=Cn1cc(CNC2(C)CCN(C(=O)OC(C)(C)C)CC2)cn1. The molecule has 23 heavy (non-hydrogen) atoms. The van der Waals surface area contributed by atoms with Crippen LogP contribution in [0.1, 0.15) is 46.1 Å². The third kappa shape index (κ3) is 5.10. The van der Waals surface area contributed by atoms with Crippen molar-refractivity contribution in [1.82, 2.24) is 20.0 Å². The monoisotopic (exact) mass is 320 g/mol. The predicted octanol–water partition coefficient (Wildman–Crippen LogP) is 2.86. The molecule has 0 unspecified atom stereocenters. The standard InChI is InChI=1S/C17H28N4O2/c1-6-21-13-14(12-19-21)11-18-17(5)7-9-20(10-8-17)15(22)23-16(2,3)4/h6,12-13,18H,1,7-11H2,2-5H3. The van der Waals surface area contributed by atoms with E-state index in [4.69, 9.17) is 4.74 Å². The molecule has 0 spiro atoms. The van der Waals surface area contributed by atoms with Gasteiger partial charge in [-0.05, 0) is 40.5 Å². The van der Waals surface area contributed by atoms with Gasteiger partial charge >= 0.3 is 6.09 Å². The molecule has 1 fully saturated rings. The Morgan fingerprint density at radius 1 is 1.48 bits per heavy atom. The summed E-state index contributed by atoms with van der Waals surface area (Å²) in [6, 6.07) is 0. The van der Waals surface area contributed by atoms with Gasteiger partial charge in [0.05, 0.1) is 6.20 Å². The summed E-state index contributed by atoms with van der Waals surface area (Å²) in [5.74, 6) is 0. The Hall–Kier alpha value is -1.82. The molecule has 0 atom stereocenters. The molecule has 2 heterocycles. The molecule has 128 valence electrons. The average Bonchev–Trinajstić information content (AvgIpc) is 2.92. The molecule has 0 aliphatic carbocycles. The lowest BCUT2D eigenvalue weighted by Gasteiger charge is -2.40. The first-order chi connectivity index (χ1) is 10.7. The number of amides is 1. The molecule has 1 amide bonds. The maximum atomic E-state index is 12.1. The van der Waals surface area contributed by atoms with Crippen molar-refractivity contribution in [2.75, 3.05) is 13.1 Å². The van der Waals surface area contributed by atoms with Crippen LogP contribution in [0.5, 0.6) is 0 Å². The minimum absolute atomic E-state index is 0.0226. The smallest absolute Gasteiger partial charge is 0.410 e. The van der Waals surface area contributed by atoms with Crippen LogP contribution in [0.3, 0.4) is 0 Å². The molecular weight excluding hydrogens is 292 g/mol. The fourth-order valence-electron chi connectivity index (χ4n) is 2.57. The summed E-state index contributed by atoms with van der Waals surface area (Å²) >= 11 is 0. The van der Waals surface area contributed by atoms with E-state index in [1.54, 1.807) is 15.8 Å². The van der Waals surface area contributed by atoms with E-state index in [-0.39, 0.29) is 11.6 Å². The molecule has 0 aromatic carbocycles. The van der Waals surface area contributed by atoms with Gasteiger partial charge in [0.25, 0.3) is 0 Å². The number of carbonyl (C=O) groups excluding carboxylic acids is 1. The second-order valence-corrected chi connectivity index (χ2v) is 7.39. The van der Waals surface area contributed by atoms with E-state index in [1.165, 1.54) is 0 Å². The van der Waals surface area contributed by atoms with Crippen LogP contribution in [0.2, 0.25) is 0 Å². The summed E-state index contributed by atoms with van der Waals surface area (Å²) < 4.78 is 7.13. The number of piperidine rings is 1. The lowest BCUT2D eigenvalue weighted by atomic mass is 9.89. The van der Waals surface area contributed by atoms with E-state index in [9.17, 15) is 4.79 Å². The summed E-state index contributed by atoms with van der Waals surface area (Å²) in [4.78, 5) is 13.9. The fourth-order valence-corrected chi connectivity index (χ4v) is 2.57. The molecule has 0 radical (unpaired) electrons. The molecule has 1 aromatic heterocycles. The summed E-state index contributed by atoms with van der Waals surface area (Å²) in [6.45, 7) is 13.8. The van der Waals surface area contributed by atoms with E-state index in [0.717, 1.165) is 24.9 Å². The van der Waals surface area contributed by atoms with Gasteiger partial charge in [-0.15, -0.1) is 0 Å². The number of ether oxygens (including phenoxy) is 1. The minimum atomic E-state index is -0.443. The second-order valence-electron chi connectivity index (χ2n) is 7.39. The maximum Gasteiger partial charge on any atom is 0.410 e. The topological polar surface area (TPSA) is 59.4 Å². The number of nitrogens with one attached hydrogen (secondary N) is 1. The number of likely N-dealkylation sites (tertiary alicyclic amines) is 1. The zero-order valence-corrected chi connectivity index (χ0v) is 14.6. The van der Waals surface area contributed by atoms with Crippen molar-refractivity contribution in [3.8, 4) is 0 Å². The highest BCUT2D eigenvalue weighted by molar-refractivity contribution is 5.68. The highest BCUT2D eigenvalue weighted by Gasteiger charge is 2.33. The van der Waals surface area contributed by atoms with Crippen molar-refractivity contribution in [2.45, 2.75) is 58.2 Å². The van der Waals surface area contributed by atoms with Gasteiger partial charge in [0.15, 0.2) is 0 Å². The quantitative estimate of drug-likeness (QED) is 0.927. The third-order valence-electron chi connectivity index (χ3n) is 4.08. The Morgan fingerprint density at radius 2 is 2.13 bits per heavy atom. The number of nitrogens with zero attached hydrogens (tertiary/aromatic N) is 3. The Labute approximate surface area is 138 Å². The van der Waals surface area contributed by atoms with Gasteiger partial charge in [-0.2, -0.15) is 5.10 Å². The summed E-state index contributed by atoms with van der Waals surface area (Å²) in [7, 11) is 0. The summed E-state index contributed by atoms with van der Waals surface area (Å²) in [5.41, 5.74) is 0.705. The highest BCUT2D eigenvalue weighted by atomic mass is 16.6. The highest BCUT2D eigenvalue weighted by Crippen LogP contribution is 2.23. The Balaban J connectivity index is 1.82. The predicted molar refractivity (Wildman–Crippen MR) is 90.9 cm³/mol. The van der Waals surface area contributed by atoms with Gasteiger partial charge in [0, 0.05) is 43.1 Å². The maximum absolute atomic E-state index is 12.1. The molecule has 6 nitrogen and oxygen atoms in total. The number of rotatable bonds is 4. The van der Waals surface area contributed by atoms with Crippen LogP contribution < -0.4 is 5.32 Å². The van der Waals surface area contributed by atoms with Crippen LogP contribution in [0.15, 0.2) is 19.0 Å². The normalized spacial score (nSPS) is 17.8. The molecule has 1 aliphatic rings. The van der Waals surface area contributed by atoms with Crippen LogP contribution in [0, 0.1) is 0 Å². The molecule has 1 aromatic rings. The van der Waals surface area contributed by atoms with Crippen molar-refractivity contribution in [3.63, 3.8) is 0 Å². The van der Waals surface area contributed by atoms with Gasteiger partial charge in [0.2, 0.25) is 0 Å². The fraction of sp³-hybridized carbons (Fsp3) is 0.647. The zero-order chi connectivity index (χ0) is 17.1. The average molecular weight is 320 g/mol. The van der Waals surface area contributed by atoms with Gasteiger partial charge in [-0.1, -0.05) is 6.58 Å². The largest absolute Gasteiger partial charge is 0.444 e. The minimum Gasteiger partial charge on any atom is -0.444 e. The van der Waals surface area contributed by atoms with E-state index in [0.29, 0.717) is 13.1 Å². The van der Waals surface area contributed by atoms with Gasteiger partial charge in [0.1, 0.15) is 5.60 Å². The molecule has 1 N–H and O–H groups in total. The van der Waals surface area contributed by atoms with Crippen molar-refractivity contribution >= 4 is 12.3 Å². The van der Waals surface area contributed by atoms with Gasteiger partial charge < -0.3 is 15.0 Å². The summed E-state index contributed by atoms with van der Waals surface area (Å²) in [5, 5.41) is 7.77. The molecule has 0 bridgehead atoms. The van der Waals surface area contributed by atoms with E-state index >= 15 is 0 Å². The van der Waals surface area contributed by atoms with Crippen LogP contribution >= 0.6 is 0 Å². The molecule has 2 rings (SSSR count). The summed E-state index contributed by atoms with van der Waals surface area (Å²) in [6.07, 6.45) is 7.06. The molecule has 0 saturated carbocycles. The van der Waals surface area contributed by atoms with Gasteiger partial charge in [-0.25, -0.2) is 9.48 Å². The number of aromatic nitrogens is 2. The third-order valence-corrected chi connectivity index (χ3v) is 4.08. The van der Waals surface area contributed by atoms with E-state index in [2.05, 4.69) is 23.9 Å². The van der Waals surface area contributed by atoms with Crippen LogP contribution in [0.25, 0.3) is 6.20 Å². The first-order valence-corrected chi connectivity index (χ1v) is 8.09. The Kier molecular flexibility index (Phi) is 5.14. The molecular formula is C17H28N4O2. The molecule has 1 saturated heterocycles. The second kappa shape index (κ2) is 6.74. The van der Waals surface area contributed by atoms with Crippen molar-refractivity contribution in [2.24, 2.45) is 0 Å². The van der Waals surface area contributed by atoms with Crippen molar-refractivity contribution < 1.29 is 9.53 Å². The van der Waals surface area contributed by atoms with Crippen molar-refractivity contribution in [1.29, 1.82) is 0 Å². The van der Waals surface area contributed by atoms with E-state index in [1.807, 2.05) is 33.2 Å². The Morgan fingerprint density at radius 3 is 2.65 bits per heavy atom. The number of hydrogen-bond acceptors (Lipinski definition) is 4. The number of carbonyl (C=O) groups is 1. The lowest BCUT2D eigenvalue weighted by Crippen LogP contribution is -2.53. The first kappa shape index (κ1) is 17.5. The van der Waals surface area contributed by atoms with Crippen molar-refractivity contribution in [3.05, 3.63) is 24.5 Å². The van der Waals surface area contributed by atoms with Gasteiger partial charge in [-0.3, -0.25) is 0 Å². The molecule has 6 heteroatoms. The molecule has 1 aliphatic heterocycles. The Bertz CT molecular complexity index is 551. The van der Waals surface area contributed by atoms with Crippen LogP contribution in [-0.2, 0) is 11.3 Å². The van der Waals surface area contributed by atoms with Crippen LogP contribution in [0.4, 0.5) is 4.79 Å². The zero-order valence-electron chi connectivity index (χ0n) is 14.6. The van der Waals surface area contributed by atoms with E-state index < -0.39 is 5.60 Å². The lowest BCUT2D eigenvalue weighted by molar-refractivity contribution is 0.0157. The van der Waals surface area contributed by atoms with Crippen LogP contribution in [-0.4, -0.2) is 45.0 Å². The number of hydrogen-bond donors (Lipinski definition) is 1.